The fourth-order valence-electron chi connectivity index (χ4n) is 7.69. The van der Waals surface area contributed by atoms with Gasteiger partial charge < -0.3 is 34.8 Å². The largest absolute Gasteiger partial charge is 2.00 e. The minimum atomic E-state index is -1.03. The zero-order chi connectivity index (χ0) is 35.3. The molecule has 1 saturated heterocycles. The Hall–Kier alpha value is -4.15. The number of fused-ring (bicyclic) bond motifs is 8. The smallest absolute Gasteiger partial charge is 0.657 e. The maximum absolute atomic E-state index is 13.4. The van der Waals surface area contributed by atoms with E-state index in [1.807, 2.05) is 52.0 Å². The molecule has 0 spiro atoms. The van der Waals surface area contributed by atoms with Gasteiger partial charge in [-0.3, -0.25) is 9.59 Å². The molecule has 4 atom stereocenters. The van der Waals surface area contributed by atoms with Gasteiger partial charge in [-0.15, -0.1) is 33.1 Å². The number of carbonyl (C=O) groups is 2. The van der Waals surface area contributed by atoms with Crippen molar-refractivity contribution in [3.8, 4) is 0 Å². The van der Waals surface area contributed by atoms with E-state index in [0.717, 1.165) is 67.6 Å². The number of aromatic nitrogens is 3. The van der Waals surface area contributed by atoms with Crippen LogP contribution in [0.2, 0.25) is 0 Å². The minimum Gasteiger partial charge on any atom is -0.657 e. The number of hydrogen-bond acceptors (Lipinski definition) is 6. The number of esters is 2. The summed E-state index contributed by atoms with van der Waals surface area (Å²) in [5.74, 6) is -2.16. The number of allylic oxidation sites excluding steroid dienone is 2. The van der Waals surface area contributed by atoms with Gasteiger partial charge in [-0.05, 0) is 70.6 Å². The molecular formula is C40H45MgN4O5-. The second-order valence-corrected chi connectivity index (χ2v) is 13.6. The molecule has 50 heavy (non-hydrogen) atoms. The number of rotatable bonds is 8. The van der Waals surface area contributed by atoms with Gasteiger partial charge in [0.1, 0.15) is 18.3 Å². The molecule has 0 radical (unpaired) electrons. The van der Waals surface area contributed by atoms with Crippen molar-refractivity contribution in [3.63, 3.8) is 0 Å². The summed E-state index contributed by atoms with van der Waals surface area (Å²) < 4.78 is 10.8. The first-order valence-corrected chi connectivity index (χ1v) is 17.0. The Labute approximate surface area is 309 Å². The van der Waals surface area contributed by atoms with Crippen molar-refractivity contribution < 1.29 is 24.2 Å². The summed E-state index contributed by atoms with van der Waals surface area (Å²) in [5.41, 5.74) is 9.80. The molecule has 1 unspecified atom stereocenters. The summed E-state index contributed by atoms with van der Waals surface area (Å²) in [5, 5.41) is 18.2. The second-order valence-electron chi connectivity index (χ2n) is 13.6. The van der Waals surface area contributed by atoms with E-state index in [-0.39, 0.29) is 59.6 Å². The molecule has 5 heterocycles. The van der Waals surface area contributed by atoms with Crippen molar-refractivity contribution in [2.75, 3.05) is 13.7 Å². The fourth-order valence-corrected chi connectivity index (χ4v) is 7.69. The predicted octanol–water partition coefficient (Wildman–Crippen LogP) is 2.45. The van der Waals surface area contributed by atoms with Crippen molar-refractivity contribution >= 4 is 70.6 Å². The predicted molar refractivity (Wildman–Crippen MR) is 196 cm³/mol. The molecule has 1 fully saturated rings. The van der Waals surface area contributed by atoms with Crippen LogP contribution in [0, 0.1) is 38.5 Å². The Balaban J connectivity index is 0.00000486. The van der Waals surface area contributed by atoms with Crippen molar-refractivity contribution in [1.82, 2.24) is 20.3 Å². The molecule has 2 N–H and O–H groups in total. The average Bonchev–Trinajstić information content (AvgIpc) is 3.80. The molecule has 9 nitrogen and oxygen atoms in total. The molecule has 3 aromatic rings. The van der Waals surface area contributed by atoms with Crippen LogP contribution in [-0.4, -0.2) is 59.9 Å². The van der Waals surface area contributed by atoms with Crippen LogP contribution in [0.1, 0.15) is 85.4 Å². The fraction of sp³-hybridized carbons (Fsp3) is 0.400. The first-order chi connectivity index (χ1) is 23.4. The molecule has 0 amide bonds. The van der Waals surface area contributed by atoms with Crippen molar-refractivity contribution in [1.29, 1.82) is 0 Å². The van der Waals surface area contributed by atoms with Gasteiger partial charge in [0.25, 0.3) is 0 Å². The van der Waals surface area contributed by atoms with Crippen LogP contribution in [0.25, 0.3) is 35.6 Å². The van der Waals surface area contributed by atoms with Gasteiger partial charge in [0.15, 0.2) is 0 Å². The molecule has 3 aromatic heterocycles. The van der Waals surface area contributed by atoms with Gasteiger partial charge in [-0.25, -0.2) is 0 Å². The maximum Gasteiger partial charge on any atom is 2.00 e. The quantitative estimate of drug-likeness (QED) is 0.209. The van der Waals surface area contributed by atoms with Gasteiger partial charge in [0.05, 0.1) is 13.2 Å². The van der Waals surface area contributed by atoms with Crippen molar-refractivity contribution in [3.05, 3.63) is 90.1 Å². The van der Waals surface area contributed by atoms with Crippen molar-refractivity contribution in [2.24, 2.45) is 17.8 Å². The first kappa shape index (κ1) is 37.1. The number of methoxy groups -OCH3 is 1. The molecule has 3 aliphatic rings. The van der Waals surface area contributed by atoms with Crippen LogP contribution in [0.3, 0.4) is 0 Å². The van der Waals surface area contributed by atoms with Crippen LogP contribution in [0.15, 0.2) is 23.9 Å². The van der Waals surface area contributed by atoms with Gasteiger partial charge in [0.2, 0.25) is 0 Å². The van der Waals surface area contributed by atoms with Crippen LogP contribution < -0.4 is 41.5 Å². The van der Waals surface area contributed by atoms with Gasteiger partial charge in [-0.1, -0.05) is 72.6 Å². The van der Waals surface area contributed by atoms with E-state index >= 15 is 0 Å². The molecule has 1 aliphatic carbocycles. The summed E-state index contributed by atoms with van der Waals surface area (Å²) in [7, 11) is 1.33. The van der Waals surface area contributed by atoms with Gasteiger partial charge >= 0.3 is 35.0 Å². The Kier molecular flexibility index (Phi) is 10.8. The van der Waals surface area contributed by atoms with E-state index < -0.39 is 17.9 Å². The Morgan fingerprint density at radius 3 is 2.36 bits per heavy atom. The van der Waals surface area contributed by atoms with E-state index in [2.05, 4.69) is 38.7 Å². The number of aliphatic hydroxyl groups is 1. The molecule has 10 heteroatoms. The Morgan fingerprint density at radius 2 is 1.70 bits per heavy atom. The van der Waals surface area contributed by atoms with Crippen LogP contribution in [0.5, 0.6) is 0 Å². The van der Waals surface area contributed by atoms with Crippen LogP contribution in [0.4, 0.5) is 0 Å². The van der Waals surface area contributed by atoms with E-state index in [4.69, 9.17) is 24.4 Å². The molecule has 8 bridgehead atoms. The third kappa shape index (κ3) is 6.32. The molecule has 0 aromatic carbocycles. The van der Waals surface area contributed by atoms with E-state index in [9.17, 15) is 14.7 Å². The summed E-state index contributed by atoms with van der Waals surface area (Å²) in [6.07, 6.45) is 11.2. The number of ether oxygens (including phenoxy) is 2. The first-order valence-electron chi connectivity index (χ1n) is 17.0. The van der Waals surface area contributed by atoms with Crippen molar-refractivity contribution in [2.45, 2.75) is 73.8 Å². The maximum atomic E-state index is 13.4. The summed E-state index contributed by atoms with van der Waals surface area (Å²) >= 11 is 0. The van der Waals surface area contributed by atoms with Crippen LogP contribution >= 0.6 is 0 Å². The third-order valence-corrected chi connectivity index (χ3v) is 10.5. The molecule has 2 aliphatic heterocycles. The normalized spacial score (nSPS) is 22.6. The molecule has 258 valence electrons. The summed E-state index contributed by atoms with van der Waals surface area (Å²) in [6, 6.07) is -0.438. The third-order valence-electron chi connectivity index (χ3n) is 10.5. The number of hydrogen-bond donors (Lipinski definition) is 2. The molecular weight excluding hydrogens is 641 g/mol. The summed E-state index contributed by atoms with van der Waals surface area (Å²) in [4.78, 5) is 41.6. The van der Waals surface area contributed by atoms with E-state index in [1.165, 1.54) is 7.11 Å². The van der Waals surface area contributed by atoms with Crippen LogP contribution in [-0.2, 0) is 25.5 Å². The standard InChI is InChI=1S/C40H45N4O5.Mg/c1-10-24-20(5)27-16-29-22(7)26(12-13-33(45)49-15-14-19(3)4)37(43-29)35-36(40(47)48-9)39(46)34-23(8)30(44-38(34)35)18-32-25(11-2)21(6)28(42-32)17-31(24)41-27;/h10,14,16-18,22,26,36-37,43,46H,1,11-13,15H2,2-9H3;/q-3;+2/b28-17-,29-16-,32-18-;/t22-,26-,36-,37?;/m0./s1. The minimum absolute atomic E-state index is 0. The summed E-state index contributed by atoms with van der Waals surface area (Å²) in [6.45, 7) is 18.5. The number of nitrogens with one attached hydrogen (secondary N) is 1. The SMILES string of the molecule is C=Cc1c2[n-]c(c1C)/C=C1\NC(C3=c4[n-]c(c(C)c4=C(O)[C@H]3C(=O)OC)/C=c3\[n-]/c(c(C)c3CC)=C\2)[C@@H](CCC(=O)OCC=C(C)C)[C@@H]1C.[Mg+2]. The molecule has 0 saturated carbocycles. The van der Waals surface area contributed by atoms with E-state index in [1.54, 1.807) is 0 Å². The zero-order valence-corrected chi connectivity index (χ0v) is 31.8. The number of nitrogens with zero attached hydrogens (tertiary/aromatic N) is 3. The Bertz CT molecular complexity index is 2190. The average molecular weight is 686 g/mol. The van der Waals surface area contributed by atoms with E-state index in [0.29, 0.717) is 28.3 Å². The topological polar surface area (TPSA) is 127 Å². The monoisotopic (exact) mass is 685 g/mol. The zero-order valence-electron chi connectivity index (χ0n) is 30.4. The van der Waals surface area contributed by atoms with Gasteiger partial charge in [0, 0.05) is 23.3 Å². The van der Waals surface area contributed by atoms with Gasteiger partial charge in [-0.2, -0.15) is 0 Å². The Morgan fingerprint density at radius 1 is 1.00 bits per heavy atom. The number of carbonyl (C=O) groups excluding carboxylic acids is 2. The second kappa shape index (κ2) is 14.6. The molecule has 6 rings (SSSR count). The number of aliphatic hydroxyl groups excluding tert-OH is 1.